The number of carbonyl (C=O) groups is 1. The molecule has 1 amide bonds. The van der Waals surface area contributed by atoms with Crippen molar-refractivity contribution in [3.63, 3.8) is 0 Å². The van der Waals surface area contributed by atoms with E-state index in [1.54, 1.807) is 31.5 Å². The number of thioether (sulfide) groups is 1. The Bertz CT molecular complexity index is 965. The molecule has 1 aromatic heterocycles. The topological polar surface area (TPSA) is 54.9 Å². The summed E-state index contributed by atoms with van der Waals surface area (Å²) in [5.74, 6) is -0.279. The molecule has 0 saturated heterocycles. The lowest BCUT2D eigenvalue weighted by atomic mass is 10.2. The smallest absolute Gasteiger partial charge is 0.234 e. The lowest BCUT2D eigenvalue weighted by Gasteiger charge is -2.08. The lowest BCUT2D eigenvalue weighted by molar-refractivity contribution is -0.113. The summed E-state index contributed by atoms with van der Waals surface area (Å²) >= 11 is 2.84. The van der Waals surface area contributed by atoms with Crippen LogP contribution in [0.2, 0.25) is 0 Å². The predicted octanol–water partition coefficient (Wildman–Crippen LogP) is 5.11. The van der Waals surface area contributed by atoms with Gasteiger partial charge in [0.15, 0.2) is 0 Å². The van der Waals surface area contributed by atoms with Crippen molar-refractivity contribution in [2.24, 2.45) is 0 Å². The zero-order chi connectivity index (χ0) is 19.2. The maximum Gasteiger partial charge on any atom is 0.234 e. The normalized spacial score (nSPS) is 10.6. The molecule has 0 atom stereocenters. The SMILES string of the molecule is Cc1cccc(Sc2nccnc2SCC(=O)Nc2ccc(F)c(C)c2)c1. The number of halogens is 1. The second-order valence-corrected chi connectivity index (χ2v) is 7.91. The van der Waals surface area contributed by atoms with Gasteiger partial charge in [0, 0.05) is 23.0 Å². The molecular weight excluding hydrogens is 381 g/mol. The third-order valence-electron chi connectivity index (χ3n) is 3.62. The van der Waals surface area contributed by atoms with E-state index in [-0.39, 0.29) is 17.5 Å². The largest absolute Gasteiger partial charge is 0.325 e. The number of carbonyl (C=O) groups excluding carboxylic acids is 1. The van der Waals surface area contributed by atoms with Crippen molar-refractivity contribution in [2.75, 3.05) is 11.1 Å². The molecule has 0 aliphatic heterocycles. The highest BCUT2D eigenvalue weighted by atomic mass is 32.2. The summed E-state index contributed by atoms with van der Waals surface area (Å²) in [5, 5.41) is 4.24. The van der Waals surface area contributed by atoms with Crippen molar-refractivity contribution in [1.29, 1.82) is 0 Å². The second-order valence-electron chi connectivity index (χ2n) is 5.89. The van der Waals surface area contributed by atoms with Crippen molar-refractivity contribution in [3.05, 3.63) is 71.8 Å². The summed E-state index contributed by atoms with van der Waals surface area (Å²) in [6.45, 7) is 3.70. The Labute approximate surface area is 166 Å². The zero-order valence-electron chi connectivity index (χ0n) is 14.9. The second kappa shape index (κ2) is 9.01. The molecule has 3 rings (SSSR count). The minimum Gasteiger partial charge on any atom is -0.325 e. The summed E-state index contributed by atoms with van der Waals surface area (Å²) in [5.41, 5.74) is 2.24. The number of hydrogen-bond acceptors (Lipinski definition) is 5. The van der Waals surface area contributed by atoms with Gasteiger partial charge in [0.1, 0.15) is 15.9 Å². The number of benzene rings is 2. The Morgan fingerprint density at radius 1 is 1.07 bits per heavy atom. The zero-order valence-corrected chi connectivity index (χ0v) is 16.5. The summed E-state index contributed by atoms with van der Waals surface area (Å²) in [7, 11) is 0. The number of rotatable bonds is 6. The first-order valence-corrected chi connectivity index (χ1v) is 10.1. The molecule has 138 valence electrons. The first kappa shape index (κ1) is 19.4. The number of aromatic nitrogens is 2. The summed E-state index contributed by atoms with van der Waals surface area (Å²) in [6, 6.07) is 12.6. The first-order chi connectivity index (χ1) is 13.0. The lowest BCUT2D eigenvalue weighted by Crippen LogP contribution is -2.14. The van der Waals surface area contributed by atoms with Crippen LogP contribution in [0.3, 0.4) is 0 Å². The van der Waals surface area contributed by atoms with Gasteiger partial charge in [0.25, 0.3) is 0 Å². The molecule has 0 saturated carbocycles. The quantitative estimate of drug-likeness (QED) is 0.584. The fourth-order valence-electron chi connectivity index (χ4n) is 2.33. The average molecular weight is 400 g/mol. The molecule has 2 aromatic carbocycles. The highest BCUT2D eigenvalue weighted by molar-refractivity contribution is 8.02. The van der Waals surface area contributed by atoms with Crippen LogP contribution in [0.4, 0.5) is 10.1 Å². The van der Waals surface area contributed by atoms with Gasteiger partial charge in [-0.25, -0.2) is 14.4 Å². The molecule has 0 aliphatic rings. The van der Waals surface area contributed by atoms with Crippen molar-refractivity contribution < 1.29 is 9.18 Å². The number of nitrogens with zero attached hydrogens (tertiary/aromatic N) is 2. The van der Waals surface area contributed by atoms with Crippen molar-refractivity contribution in [1.82, 2.24) is 9.97 Å². The van der Waals surface area contributed by atoms with E-state index in [2.05, 4.69) is 21.4 Å². The molecule has 0 spiro atoms. The van der Waals surface area contributed by atoms with Gasteiger partial charge >= 0.3 is 0 Å². The highest BCUT2D eigenvalue weighted by Crippen LogP contribution is 2.32. The van der Waals surface area contributed by atoms with Gasteiger partial charge in [0.05, 0.1) is 5.75 Å². The van der Waals surface area contributed by atoms with Crippen LogP contribution in [0.25, 0.3) is 0 Å². The molecule has 0 bridgehead atoms. The maximum absolute atomic E-state index is 13.3. The molecule has 7 heteroatoms. The van der Waals surface area contributed by atoms with Crippen LogP contribution in [0.1, 0.15) is 11.1 Å². The third-order valence-corrected chi connectivity index (χ3v) is 5.71. The van der Waals surface area contributed by atoms with Crippen LogP contribution >= 0.6 is 23.5 Å². The predicted molar refractivity (Wildman–Crippen MR) is 108 cm³/mol. The van der Waals surface area contributed by atoms with E-state index in [9.17, 15) is 9.18 Å². The van der Waals surface area contributed by atoms with Crippen LogP contribution in [-0.2, 0) is 4.79 Å². The van der Waals surface area contributed by atoms with E-state index in [1.807, 2.05) is 25.1 Å². The van der Waals surface area contributed by atoms with Crippen LogP contribution in [0.5, 0.6) is 0 Å². The highest BCUT2D eigenvalue weighted by Gasteiger charge is 2.11. The molecule has 27 heavy (non-hydrogen) atoms. The van der Waals surface area contributed by atoms with Crippen LogP contribution in [0.15, 0.2) is 69.8 Å². The Kier molecular flexibility index (Phi) is 6.47. The Hall–Kier alpha value is -2.38. The third kappa shape index (κ3) is 5.55. The maximum atomic E-state index is 13.3. The molecule has 0 unspecified atom stereocenters. The van der Waals surface area contributed by atoms with Crippen LogP contribution in [-0.4, -0.2) is 21.6 Å². The van der Waals surface area contributed by atoms with Crippen molar-refractivity contribution in [3.8, 4) is 0 Å². The summed E-state index contributed by atoms with van der Waals surface area (Å²) < 4.78 is 13.3. The van der Waals surface area contributed by atoms with Crippen LogP contribution < -0.4 is 5.32 Å². The Morgan fingerprint density at radius 3 is 2.59 bits per heavy atom. The minimum atomic E-state index is -0.292. The number of amides is 1. The van der Waals surface area contributed by atoms with Crippen LogP contribution in [0, 0.1) is 19.7 Å². The van der Waals surface area contributed by atoms with Crippen molar-refractivity contribution >= 4 is 35.1 Å². The molecule has 0 fully saturated rings. The summed E-state index contributed by atoms with van der Waals surface area (Å²) in [6.07, 6.45) is 3.26. The van der Waals surface area contributed by atoms with Gasteiger partial charge in [0.2, 0.25) is 5.91 Å². The minimum absolute atomic E-state index is 0.178. The number of aryl methyl sites for hydroxylation is 2. The van der Waals surface area contributed by atoms with Gasteiger partial charge in [-0.2, -0.15) is 0 Å². The summed E-state index contributed by atoms with van der Waals surface area (Å²) in [4.78, 5) is 22.0. The van der Waals surface area contributed by atoms with Gasteiger partial charge in [-0.15, -0.1) is 0 Å². The van der Waals surface area contributed by atoms with Gasteiger partial charge in [-0.05, 0) is 49.7 Å². The van der Waals surface area contributed by atoms with Gasteiger partial charge < -0.3 is 5.32 Å². The molecule has 4 nitrogen and oxygen atoms in total. The molecule has 1 N–H and O–H groups in total. The molecule has 0 radical (unpaired) electrons. The molecular formula is C20H18FN3OS2. The van der Waals surface area contributed by atoms with Gasteiger partial charge in [-0.1, -0.05) is 41.2 Å². The van der Waals surface area contributed by atoms with Crippen molar-refractivity contribution in [2.45, 2.75) is 28.8 Å². The molecule has 3 aromatic rings. The Balaban J connectivity index is 1.63. The molecule has 0 aliphatic carbocycles. The van der Waals surface area contributed by atoms with E-state index in [4.69, 9.17) is 0 Å². The van der Waals surface area contributed by atoms with E-state index in [0.29, 0.717) is 16.3 Å². The van der Waals surface area contributed by atoms with Gasteiger partial charge in [-0.3, -0.25) is 4.79 Å². The molecule has 1 heterocycles. The monoisotopic (exact) mass is 399 g/mol. The van der Waals surface area contributed by atoms with E-state index in [0.717, 1.165) is 9.92 Å². The number of anilines is 1. The fraction of sp³-hybridized carbons (Fsp3) is 0.150. The number of nitrogens with one attached hydrogen (secondary N) is 1. The van der Waals surface area contributed by atoms with E-state index >= 15 is 0 Å². The van der Waals surface area contributed by atoms with E-state index in [1.165, 1.54) is 35.2 Å². The first-order valence-electron chi connectivity index (χ1n) is 8.25. The number of hydrogen-bond donors (Lipinski definition) is 1. The fourth-order valence-corrected chi connectivity index (χ4v) is 4.15. The average Bonchev–Trinajstić information content (AvgIpc) is 2.64. The Morgan fingerprint density at radius 2 is 1.85 bits per heavy atom. The standard InChI is InChI=1S/C20H18FN3OS2/c1-13-4-3-5-16(10-13)27-20-19(22-8-9-23-20)26-12-18(25)24-15-6-7-17(21)14(2)11-15/h3-11H,12H2,1-2H3,(H,24,25). The van der Waals surface area contributed by atoms with E-state index < -0.39 is 0 Å².